The van der Waals surface area contributed by atoms with E-state index in [-0.39, 0.29) is 11.7 Å². The topological polar surface area (TPSA) is 62.7 Å². The number of aromatic nitrogens is 1. The molecule has 1 aromatic carbocycles. The van der Waals surface area contributed by atoms with E-state index in [1.807, 2.05) is 24.0 Å². The molecule has 0 aliphatic carbocycles. The number of anilines is 1. The Morgan fingerprint density at radius 1 is 1.40 bits per heavy atom. The summed E-state index contributed by atoms with van der Waals surface area (Å²) in [5.74, 6) is 0.729. The van der Waals surface area contributed by atoms with E-state index in [1.165, 1.54) is 7.11 Å². The number of phenols is 1. The zero-order valence-corrected chi connectivity index (χ0v) is 11.7. The standard InChI is InChI=1S/C15H18N2O3/c1-3-17(9-7-14(19)20-2)15-13-10-12(18)5-4-11(13)6-8-16-15/h4-6,8,10,18H,3,7,9H2,1-2H3. The van der Waals surface area contributed by atoms with Crippen LogP contribution in [0.4, 0.5) is 5.82 Å². The largest absolute Gasteiger partial charge is 0.508 e. The molecule has 20 heavy (non-hydrogen) atoms. The summed E-state index contributed by atoms with van der Waals surface area (Å²) < 4.78 is 4.66. The van der Waals surface area contributed by atoms with E-state index in [0.29, 0.717) is 13.0 Å². The van der Waals surface area contributed by atoms with Crippen LogP contribution in [-0.4, -0.2) is 36.3 Å². The van der Waals surface area contributed by atoms with Crippen LogP contribution in [-0.2, 0) is 9.53 Å². The van der Waals surface area contributed by atoms with Gasteiger partial charge < -0.3 is 14.7 Å². The second-order valence-electron chi connectivity index (χ2n) is 4.45. The van der Waals surface area contributed by atoms with Crippen LogP contribution in [0.2, 0.25) is 0 Å². The summed E-state index contributed by atoms with van der Waals surface area (Å²) in [7, 11) is 1.38. The highest BCUT2D eigenvalue weighted by molar-refractivity contribution is 5.93. The number of ether oxygens (including phenoxy) is 1. The monoisotopic (exact) mass is 274 g/mol. The van der Waals surface area contributed by atoms with Crippen molar-refractivity contribution in [3.05, 3.63) is 30.5 Å². The zero-order valence-electron chi connectivity index (χ0n) is 11.7. The number of fused-ring (bicyclic) bond motifs is 1. The first-order chi connectivity index (χ1) is 9.65. The Morgan fingerprint density at radius 2 is 2.20 bits per heavy atom. The normalized spacial score (nSPS) is 10.5. The van der Waals surface area contributed by atoms with Crippen LogP contribution >= 0.6 is 0 Å². The van der Waals surface area contributed by atoms with Gasteiger partial charge >= 0.3 is 5.97 Å². The molecule has 0 saturated heterocycles. The summed E-state index contributed by atoms with van der Waals surface area (Å²) in [6, 6.07) is 7.09. The summed E-state index contributed by atoms with van der Waals surface area (Å²) in [6.07, 6.45) is 2.04. The van der Waals surface area contributed by atoms with Gasteiger partial charge in [-0.05, 0) is 30.5 Å². The molecule has 0 aliphatic heterocycles. The maximum Gasteiger partial charge on any atom is 0.307 e. The van der Waals surface area contributed by atoms with Crippen LogP contribution < -0.4 is 4.90 Å². The number of methoxy groups -OCH3 is 1. The number of hydrogen-bond donors (Lipinski definition) is 1. The number of aromatic hydroxyl groups is 1. The molecule has 2 aromatic rings. The minimum absolute atomic E-state index is 0.204. The highest BCUT2D eigenvalue weighted by Crippen LogP contribution is 2.27. The molecule has 0 amide bonds. The summed E-state index contributed by atoms with van der Waals surface area (Å²) in [5, 5.41) is 11.5. The molecule has 0 spiro atoms. The van der Waals surface area contributed by atoms with Crippen molar-refractivity contribution in [3.8, 4) is 5.75 Å². The molecule has 1 N–H and O–H groups in total. The fourth-order valence-electron chi connectivity index (χ4n) is 2.14. The average molecular weight is 274 g/mol. The SMILES string of the molecule is CCN(CCC(=O)OC)c1nccc2ccc(O)cc12. The van der Waals surface area contributed by atoms with Gasteiger partial charge in [0, 0.05) is 24.7 Å². The van der Waals surface area contributed by atoms with Gasteiger partial charge in [-0.2, -0.15) is 0 Å². The molecular weight excluding hydrogens is 256 g/mol. The minimum Gasteiger partial charge on any atom is -0.508 e. The minimum atomic E-state index is -0.244. The maximum atomic E-state index is 11.3. The van der Waals surface area contributed by atoms with Gasteiger partial charge in [0.1, 0.15) is 11.6 Å². The lowest BCUT2D eigenvalue weighted by atomic mass is 10.1. The number of phenolic OH excluding ortho intramolecular Hbond substituents is 1. The zero-order chi connectivity index (χ0) is 14.5. The van der Waals surface area contributed by atoms with Crippen LogP contribution in [0.25, 0.3) is 10.8 Å². The number of pyridine rings is 1. The fraction of sp³-hybridized carbons (Fsp3) is 0.333. The highest BCUT2D eigenvalue weighted by Gasteiger charge is 2.12. The van der Waals surface area contributed by atoms with Crippen molar-refractivity contribution in [2.45, 2.75) is 13.3 Å². The highest BCUT2D eigenvalue weighted by atomic mass is 16.5. The van der Waals surface area contributed by atoms with Gasteiger partial charge in [0.2, 0.25) is 0 Å². The first-order valence-electron chi connectivity index (χ1n) is 6.55. The number of esters is 1. The third-order valence-electron chi connectivity index (χ3n) is 3.22. The summed E-state index contributed by atoms with van der Waals surface area (Å²) in [4.78, 5) is 17.7. The van der Waals surface area contributed by atoms with Crippen LogP contribution in [0.15, 0.2) is 30.5 Å². The second kappa shape index (κ2) is 6.23. The fourth-order valence-corrected chi connectivity index (χ4v) is 2.14. The molecule has 106 valence electrons. The molecule has 0 saturated carbocycles. The van der Waals surface area contributed by atoms with Gasteiger partial charge in [-0.3, -0.25) is 4.79 Å². The number of carbonyl (C=O) groups is 1. The van der Waals surface area contributed by atoms with Crippen molar-refractivity contribution in [1.82, 2.24) is 4.98 Å². The number of nitrogens with zero attached hydrogens (tertiary/aromatic N) is 2. The van der Waals surface area contributed by atoms with E-state index in [2.05, 4.69) is 9.72 Å². The van der Waals surface area contributed by atoms with Crippen LogP contribution in [0, 0.1) is 0 Å². The smallest absolute Gasteiger partial charge is 0.307 e. The van der Waals surface area contributed by atoms with E-state index in [9.17, 15) is 9.90 Å². The molecule has 0 radical (unpaired) electrons. The average Bonchev–Trinajstić information content (AvgIpc) is 2.47. The van der Waals surface area contributed by atoms with Gasteiger partial charge in [-0.15, -0.1) is 0 Å². The molecule has 0 aliphatic rings. The molecule has 5 nitrogen and oxygen atoms in total. The van der Waals surface area contributed by atoms with E-state index < -0.39 is 0 Å². The summed E-state index contributed by atoms with van der Waals surface area (Å²) >= 11 is 0. The lowest BCUT2D eigenvalue weighted by Gasteiger charge is -2.22. The van der Waals surface area contributed by atoms with Crippen LogP contribution in [0.1, 0.15) is 13.3 Å². The summed E-state index contributed by atoms with van der Waals surface area (Å²) in [6.45, 7) is 3.25. The summed E-state index contributed by atoms with van der Waals surface area (Å²) in [5.41, 5.74) is 0. The van der Waals surface area contributed by atoms with Crippen molar-refractivity contribution in [3.63, 3.8) is 0 Å². The van der Waals surface area contributed by atoms with Crippen molar-refractivity contribution >= 4 is 22.6 Å². The van der Waals surface area contributed by atoms with Gasteiger partial charge in [-0.25, -0.2) is 4.98 Å². The Balaban J connectivity index is 2.33. The molecule has 1 aromatic heterocycles. The van der Waals surface area contributed by atoms with Crippen molar-refractivity contribution in [1.29, 1.82) is 0 Å². The number of rotatable bonds is 5. The predicted octanol–water partition coefficient (Wildman–Crippen LogP) is 2.33. The second-order valence-corrected chi connectivity index (χ2v) is 4.45. The molecule has 1 heterocycles. The maximum absolute atomic E-state index is 11.3. The van der Waals surface area contributed by atoms with E-state index in [4.69, 9.17) is 0 Å². The van der Waals surface area contributed by atoms with E-state index in [0.717, 1.165) is 23.1 Å². The Labute approximate surface area is 117 Å². The van der Waals surface area contributed by atoms with E-state index >= 15 is 0 Å². The quantitative estimate of drug-likeness (QED) is 0.848. The first kappa shape index (κ1) is 14.1. The first-order valence-corrected chi connectivity index (χ1v) is 6.55. The molecule has 0 fully saturated rings. The predicted molar refractivity (Wildman–Crippen MR) is 77.9 cm³/mol. The lowest BCUT2D eigenvalue weighted by Crippen LogP contribution is -2.27. The van der Waals surface area contributed by atoms with Crippen molar-refractivity contribution < 1.29 is 14.6 Å². The third-order valence-corrected chi connectivity index (χ3v) is 3.22. The Kier molecular flexibility index (Phi) is 4.40. The van der Waals surface area contributed by atoms with Gasteiger partial charge in [0.15, 0.2) is 0 Å². The van der Waals surface area contributed by atoms with Gasteiger partial charge in [-0.1, -0.05) is 6.07 Å². The Morgan fingerprint density at radius 3 is 2.90 bits per heavy atom. The number of carbonyl (C=O) groups excluding carboxylic acids is 1. The van der Waals surface area contributed by atoms with Crippen molar-refractivity contribution in [2.75, 3.05) is 25.1 Å². The lowest BCUT2D eigenvalue weighted by molar-refractivity contribution is -0.140. The van der Waals surface area contributed by atoms with Gasteiger partial charge in [0.25, 0.3) is 0 Å². The molecule has 0 unspecified atom stereocenters. The molecular formula is C15H18N2O3. The Hall–Kier alpha value is -2.30. The molecule has 2 rings (SSSR count). The van der Waals surface area contributed by atoms with Gasteiger partial charge in [0.05, 0.1) is 13.5 Å². The van der Waals surface area contributed by atoms with Crippen LogP contribution in [0.3, 0.4) is 0 Å². The van der Waals surface area contributed by atoms with Crippen molar-refractivity contribution in [2.24, 2.45) is 0 Å². The molecule has 0 bridgehead atoms. The molecule has 0 atom stereocenters. The van der Waals surface area contributed by atoms with Crippen LogP contribution in [0.5, 0.6) is 5.75 Å². The molecule has 5 heteroatoms. The third kappa shape index (κ3) is 2.99. The number of benzene rings is 1. The Bertz CT molecular complexity index is 613. The number of hydrogen-bond acceptors (Lipinski definition) is 5. The van der Waals surface area contributed by atoms with E-state index in [1.54, 1.807) is 18.3 Å².